The van der Waals surface area contributed by atoms with Crippen LogP contribution in [0.2, 0.25) is 0 Å². The molecule has 0 aliphatic rings. The third-order valence-corrected chi connectivity index (χ3v) is 4.33. The largest absolute Gasteiger partial charge is 0.311 e. The van der Waals surface area contributed by atoms with Crippen LogP contribution in [0.3, 0.4) is 0 Å². The highest BCUT2D eigenvalue weighted by molar-refractivity contribution is 7.16. The summed E-state index contributed by atoms with van der Waals surface area (Å²) in [5.41, 5.74) is 0.358. The molecule has 3 rings (SSSR count). The van der Waals surface area contributed by atoms with E-state index >= 15 is 0 Å². The second kappa shape index (κ2) is 6.29. The quantitative estimate of drug-likeness (QED) is 0.738. The molecule has 0 fully saturated rings. The van der Waals surface area contributed by atoms with Crippen LogP contribution in [0.1, 0.15) is 6.92 Å². The lowest BCUT2D eigenvalue weighted by Crippen LogP contribution is -2.36. The third kappa shape index (κ3) is 3.00. The van der Waals surface area contributed by atoms with Gasteiger partial charge in [0.25, 0.3) is 5.56 Å². The second-order valence-electron chi connectivity index (χ2n) is 4.93. The van der Waals surface area contributed by atoms with Gasteiger partial charge < -0.3 is 4.90 Å². The highest BCUT2D eigenvalue weighted by Gasteiger charge is 2.16. The SMILES string of the molecule is CCN(C(=O)Cn1cnc2sccc2c1=O)c1ccc(F)cc1. The third-order valence-electron chi connectivity index (χ3n) is 3.51. The number of carbonyl (C=O) groups excluding carboxylic acids is 1. The van der Waals surface area contributed by atoms with E-state index in [1.807, 2.05) is 6.92 Å². The zero-order valence-corrected chi connectivity index (χ0v) is 13.2. The molecular formula is C16H14FN3O2S. The van der Waals surface area contributed by atoms with E-state index in [0.717, 1.165) is 0 Å². The molecule has 0 radical (unpaired) electrons. The summed E-state index contributed by atoms with van der Waals surface area (Å²) >= 11 is 1.38. The van der Waals surface area contributed by atoms with E-state index in [4.69, 9.17) is 0 Å². The zero-order chi connectivity index (χ0) is 16.4. The van der Waals surface area contributed by atoms with Gasteiger partial charge in [0.2, 0.25) is 5.91 Å². The molecule has 0 aliphatic heterocycles. The molecular weight excluding hydrogens is 317 g/mol. The Morgan fingerprint density at radius 1 is 1.30 bits per heavy atom. The molecule has 0 aliphatic carbocycles. The van der Waals surface area contributed by atoms with E-state index in [9.17, 15) is 14.0 Å². The van der Waals surface area contributed by atoms with Gasteiger partial charge in [0.1, 0.15) is 17.2 Å². The van der Waals surface area contributed by atoms with Crippen molar-refractivity contribution in [1.82, 2.24) is 9.55 Å². The van der Waals surface area contributed by atoms with Crippen LogP contribution in [0.15, 0.2) is 46.8 Å². The summed E-state index contributed by atoms with van der Waals surface area (Å²) in [4.78, 5) is 31.2. The fraction of sp³-hybridized carbons (Fsp3) is 0.188. The normalized spacial score (nSPS) is 10.9. The number of aromatic nitrogens is 2. The summed E-state index contributed by atoms with van der Waals surface area (Å²) in [5, 5.41) is 2.30. The first kappa shape index (κ1) is 15.4. The minimum Gasteiger partial charge on any atom is -0.311 e. The van der Waals surface area contributed by atoms with Crippen LogP contribution in [0.25, 0.3) is 10.2 Å². The van der Waals surface area contributed by atoms with Crippen molar-refractivity contribution < 1.29 is 9.18 Å². The van der Waals surface area contributed by atoms with Crippen LogP contribution in [-0.2, 0) is 11.3 Å². The van der Waals surface area contributed by atoms with Gasteiger partial charge in [-0.3, -0.25) is 14.2 Å². The smallest absolute Gasteiger partial charge is 0.262 e. The van der Waals surface area contributed by atoms with Crippen molar-refractivity contribution in [3.05, 3.63) is 58.2 Å². The van der Waals surface area contributed by atoms with Gasteiger partial charge in [0.05, 0.1) is 11.7 Å². The Labute approximate surface area is 135 Å². The van der Waals surface area contributed by atoms with Crippen LogP contribution in [0.4, 0.5) is 10.1 Å². The number of hydrogen-bond acceptors (Lipinski definition) is 4. The molecule has 0 saturated carbocycles. The van der Waals surface area contributed by atoms with Gasteiger partial charge in [-0.1, -0.05) is 0 Å². The van der Waals surface area contributed by atoms with Crippen molar-refractivity contribution in [3.63, 3.8) is 0 Å². The van der Waals surface area contributed by atoms with Gasteiger partial charge in [-0.25, -0.2) is 9.37 Å². The first-order chi connectivity index (χ1) is 11.1. The van der Waals surface area contributed by atoms with E-state index in [2.05, 4.69) is 4.98 Å². The number of thiophene rings is 1. The van der Waals surface area contributed by atoms with Crippen LogP contribution in [0, 0.1) is 5.82 Å². The Morgan fingerprint density at radius 2 is 2.04 bits per heavy atom. The van der Waals surface area contributed by atoms with Crippen LogP contribution in [-0.4, -0.2) is 22.0 Å². The molecule has 0 unspecified atom stereocenters. The fourth-order valence-corrected chi connectivity index (χ4v) is 3.08. The molecule has 2 aromatic heterocycles. The average molecular weight is 331 g/mol. The number of anilines is 1. The molecule has 0 N–H and O–H groups in total. The summed E-state index contributed by atoms with van der Waals surface area (Å²) in [6.45, 7) is 2.14. The maximum absolute atomic E-state index is 13.0. The van der Waals surface area contributed by atoms with E-state index in [0.29, 0.717) is 22.4 Å². The molecule has 2 heterocycles. The number of rotatable bonds is 4. The molecule has 0 spiro atoms. The number of likely N-dealkylation sites (N-methyl/N-ethyl adjacent to an activating group) is 1. The van der Waals surface area contributed by atoms with Crippen molar-refractivity contribution in [2.24, 2.45) is 0 Å². The second-order valence-corrected chi connectivity index (χ2v) is 5.83. The number of halogens is 1. The fourth-order valence-electron chi connectivity index (χ4n) is 2.36. The Kier molecular flexibility index (Phi) is 4.20. The lowest BCUT2D eigenvalue weighted by Gasteiger charge is -2.21. The molecule has 1 aromatic carbocycles. The highest BCUT2D eigenvalue weighted by atomic mass is 32.1. The first-order valence-corrected chi connectivity index (χ1v) is 7.96. The van der Waals surface area contributed by atoms with Gasteiger partial charge in [-0.05, 0) is 42.6 Å². The molecule has 1 amide bonds. The molecule has 0 atom stereocenters. The van der Waals surface area contributed by atoms with Gasteiger partial charge in [0, 0.05) is 12.2 Å². The number of fused-ring (bicyclic) bond motifs is 1. The van der Waals surface area contributed by atoms with Gasteiger partial charge >= 0.3 is 0 Å². The summed E-state index contributed by atoms with van der Waals surface area (Å²) < 4.78 is 14.3. The van der Waals surface area contributed by atoms with Gasteiger partial charge in [-0.2, -0.15) is 0 Å². The lowest BCUT2D eigenvalue weighted by atomic mass is 10.2. The predicted octanol–water partition coefficient (Wildman–Crippen LogP) is 2.65. The summed E-state index contributed by atoms with van der Waals surface area (Å²) in [6.07, 6.45) is 1.39. The van der Waals surface area contributed by atoms with Crippen molar-refractivity contribution in [1.29, 1.82) is 0 Å². The Bertz CT molecular complexity index is 902. The average Bonchev–Trinajstić information content (AvgIpc) is 3.02. The van der Waals surface area contributed by atoms with Gasteiger partial charge in [0.15, 0.2) is 0 Å². The lowest BCUT2D eigenvalue weighted by molar-refractivity contribution is -0.119. The van der Waals surface area contributed by atoms with Crippen molar-refractivity contribution >= 4 is 33.1 Å². The van der Waals surface area contributed by atoms with Crippen LogP contribution >= 0.6 is 11.3 Å². The van der Waals surface area contributed by atoms with E-state index < -0.39 is 0 Å². The molecule has 3 aromatic rings. The van der Waals surface area contributed by atoms with Gasteiger partial charge in [-0.15, -0.1) is 11.3 Å². The summed E-state index contributed by atoms with van der Waals surface area (Å²) in [7, 11) is 0. The molecule has 118 valence electrons. The van der Waals surface area contributed by atoms with Crippen molar-refractivity contribution in [2.75, 3.05) is 11.4 Å². The first-order valence-electron chi connectivity index (χ1n) is 7.08. The highest BCUT2D eigenvalue weighted by Crippen LogP contribution is 2.16. The van der Waals surface area contributed by atoms with Crippen molar-refractivity contribution in [2.45, 2.75) is 13.5 Å². The number of benzene rings is 1. The maximum atomic E-state index is 13.0. The molecule has 0 saturated heterocycles. The summed E-state index contributed by atoms with van der Waals surface area (Å²) in [6, 6.07) is 7.39. The minimum atomic E-state index is -0.361. The number of amides is 1. The monoisotopic (exact) mass is 331 g/mol. The number of nitrogens with zero attached hydrogens (tertiary/aromatic N) is 3. The van der Waals surface area contributed by atoms with E-state index in [1.54, 1.807) is 23.6 Å². The zero-order valence-electron chi connectivity index (χ0n) is 12.4. The molecule has 23 heavy (non-hydrogen) atoms. The van der Waals surface area contributed by atoms with Crippen LogP contribution in [0.5, 0.6) is 0 Å². The van der Waals surface area contributed by atoms with E-state index in [1.165, 1.54) is 39.3 Å². The standard InChI is InChI=1S/C16H14FN3O2S/c1-2-20(12-5-3-11(17)4-6-12)14(21)9-19-10-18-15-13(16(19)22)7-8-23-15/h3-8,10H,2,9H2,1H3. The number of carbonyl (C=O) groups is 1. The molecule has 5 nitrogen and oxygen atoms in total. The maximum Gasteiger partial charge on any atom is 0.262 e. The minimum absolute atomic E-state index is 0.108. The van der Waals surface area contributed by atoms with Crippen molar-refractivity contribution in [3.8, 4) is 0 Å². The van der Waals surface area contributed by atoms with E-state index in [-0.39, 0.29) is 23.8 Å². The number of hydrogen-bond donors (Lipinski definition) is 0. The Hall–Kier alpha value is -2.54. The van der Waals surface area contributed by atoms with Crippen LogP contribution < -0.4 is 10.5 Å². The topological polar surface area (TPSA) is 55.2 Å². The predicted molar refractivity (Wildman–Crippen MR) is 88.3 cm³/mol. The summed E-state index contributed by atoms with van der Waals surface area (Å²) in [5.74, 6) is -0.613. The molecule has 7 heteroatoms. The Balaban J connectivity index is 1.87. The Morgan fingerprint density at radius 3 is 2.74 bits per heavy atom. The molecule has 0 bridgehead atoms.